The topological polar surface area (TPSA) is 55.1 Å². The molecular formula is C14H22N2O. The Morgan fingerprint density at radius 2 is 2.00 bits per heavy atom. The highest BCUT2D eigenvalue weighted by molar-refractivity contribution is 5.85. The fraction of sp³-hybridized carbons (Fsp3) is 0.500. The van der Waals surface area contributed by atoms with Crippen LogP contribution < -0.4 is 11.1 Å². The monoisotopic (exact) mass is 234 g/mol. The summed E-state index contributed by atoms with van der Waals surface area (Å²) in [7, 11) is 0. The normalized spacial score (nSPS) is 14.1. The van der Waals surface area contributed by atoms with E-state index in [4.69, 9.17) is 5.73 Å². The van der Waals surface area contributed by atoms with Gasteiger partial charge in [0.05, 0.1) is 5.54 Å². The number of nitrogens with one attached hydrogen (secondary N) is 1. The van der Waals surface area contributed by atoms with Crippen molar-refractivity contribution < 1.29 is 4.79 Å². The van der Waals surface area contributed by atoms with Crippen LogP contribution in [0.2, 0.25) is 0 Å². The molecule has 0 bridgehead atoms. The lowest BCUT2D eigenvalue weighted by atomic mass is 9.96. The van der Waals surface area contributed by atoms with Crippen LogP contribution in [-0.4, -0.2) is 18.0 Å². The molecule has 0 heterocycles. The molecule has 17 heavy (non-hydrogen) atoms. The summed E-state index contributed by atoms with van der Waals surface area (Å²) in [6, 6.07) is 10.1. The van der Waals surface area contributed by atoms with Crippen molar-refractivity contribution in [1.82, 2.24) is 5.32 Å². The number of hydrogen-bond acceptors (Lipinski definition) is 2. The Morgan fingerprint density at radius 3 is 2.59 bits per heavy atom. The van der Waals surface area contributed by atoms with Gasteiger partial charge in [-0.1, -0.05) is 43.7 Å². The molecule has 0 saturated carbocycles. The third-order valence-corrected chi connectivity index (χ3v) is 2.83. The number of carbonyl (C=O) groups excluding carboxylic acids is 1. The van der Waals surface area contributed by atoms with Crippen molar-refractivity contribution in [3.8, 4) is 0 Å². The van der Waals surface area contributed by atoms with E-state index >= 15 is 0 Å². The second-order valence-electron chi connectivity index (χ2n) is 4.66. The van der Waals surface area contributed by atoms with E-state index < -0.39 is 5.54 Å². The predicted octanol–water partition coefficient (Wildman–Crippen LogP) is 1.86. The number of amides is 1. The average molecular weight is 234 g/mol. The minimum atomic E-state index is -0.745. The van der Waals surface area contributed by atoms with Crippen LogP contribution in [0, 0.1) is 0 Å². The van der Waals surface area contributed by atoms with E-state index in [-0.39, 0.29) is 5.91 Å². The minimum Gasteiger partial charge on any atom is -0.354 e. The Kier molecular flexibility index (Phi) is 5.16. The lowest BCUT2D eigenvalue weighted by Crippen LogP contribution is -2.51. The summed E-state index contributed by atoms with van der Waals surface area (Å²) in [6.45, 7) is 4.45. The van der Waals surface area contributed by atoms with Gasteiger partial charge in [0.25, 0.3) is 0 Å². The van der Waals surface area contributed by atoms with E-state index in [1.165, 1.54) is 5.56 Å². The first kappa shape index (κ1) is 13.7. The molecule has 0 aromatic heterocycles. The fourth-order valence-corrected chi connectivity index (χ4v) is 1.80. The van der Waals surface area contributed by atoms with Gasteiger partial charge in [-0.2, -0.15) is 0 Å². The quantitative estimate of drug-likeness (QED) is 0.789. The molecule has 1 amide bonds. The van der Waals surface area contributed by atoms with Gasteiger partial charge in [-0.15, -0.1) is 0 Å². The molecule has 1 aromatic rings. The fourth-order valence-electron chi connectivity index (χ4n) is 1.80. The second-order valence-corrected chi connectivity index (χ2v) is 4.66. The van der Waals surface area contributed by atoms with Crippen molar-refractivity contribution in [1.29, 1.82) is 0 Å². The molecule has 94 valence electrons. The highest BCUT2D eigenvalue weighted by Gasteiger charge is 2.26. The van der Waals surface area contributed by atoms with Crippen molar-refractivity contribution in [2.45, 2.75) is 38.6 Å². The molecular weight excluding hydrogens is 212 g/mol. The van der Waals surface area contributed by atoms with Gasteiger partial charge in [-0.05, 0) is 25.3 Å². The van der Waals surface area contributed by atoms with Crippen LogP contribution in [0.3, 0.4) is 0 Å². The van der Waals surface area contributed by atoms with Crippen LogP contribution in [0.25, 0.3) is 0 Å². The Morgan fingerprint density at radius 1 is 1.35 bits per heavy atom. The van der Waals surface area contributed by atoms with Gasteiger partial charge >= 0.3 is 0 Å². The van der Waals surface area contributed by atoms with Crippen LogP contribution in [0.4, 0.5) is 0 Å². The Labute approximate surface area is 103 Å². The van der Waals surface area contributed by atoms with Gasteiger partial charge in [0.1, 0.15) is 0 Å². The molecule has 3 heteroatoms. The number of carbonyl (C=O) groups is 1. The molecule has 0 aliphatic heterocycles. The van der Waals surface area contributed by atoms with Crippen molar-refractivity contribution >= 4 is 5.91 Å². The van der Waals surface area contributed by atoms with E-state index in [1.54, 1.807) is 6.92 Å². The highest BCUT2D eigenvalue weighted by atomic mass is 16.2. The van der Waals surface area contributed by atoms with E-state index in [1.807, 2.05) is 25.1 Å². The second kappa shape index (κ2) is 6.40. The average Bonchev–Trinajstić information content (AvgIpc) is 2.30. The minimum absolute atomic E-state index is 0.0599. The maximum atomic E-state index is 11.8. The standard InChI is InChI=1S/C14H22N2O/c1-3-10-14(2,15)13(17)16-11-9-12-7-5-4-6-8-12/h4-8H,3,9-11,15H2,1-2H3,(H,16,17). The molecule has 0 aliphatic rings. The van der Waals surface area contributed by atoms with Gasteiger partial charge in [-0.3, -0.25) is 4.79 Å². The number of rotatable bonds is 6. The molecule has 0 radical (unpaired) electrons. The molecule has 3 nitrogen and oxygen atoms in total. The molecule has 1 aromatic carbocycles. The number of nitrogens with two attached hydrogens (primary N) is 1. The van der Waals surface area contributed by atoms with Crippen molar-refractivity contribution in [3.63, 3.8) is 0 Å². The van der Waals surface area contributed by atoms with Gasteiger partial charge < -0.3 is 11.1 Å². The summed E-state index contributed by atoms with van der Waals surface area (Å²) in [5, 5.41) is 2.89. The lowest BCUT2D eigenvalue weighted by Gasteiger charge is -2.22. The Balaban J connectivity index is 2.34. The molecule has 0 fully saturated rings. The summed E-state index contributed by atoms with van der Waals surface area (Å²) in [6.07, 6.45) is 2.47. The number of hydrogen-bond donors (Lipinski definition) is 2. The van der Waals surface area contributed by atoms with Crippen molar-refractivity contribution in [3.05, 3.63) is 35.9 Å². The van der Waals surface area contributed by atoms with Crippen molar-refractivity contribution in [2.24, 2.45) is 5.73 Å². The van der Waals surface area contributed by atoms with Crippen LogP contribution in [0.5, 0.6) is 0 Å². The summed E-state index contributed by atoms with van der Waals surface area (Å²) in [5.41, 5.74) is 6.42. The zero-order valence-corrected chi connectivity index (χ0v) is 10.7. The lowest BCUT2D eigenvalue weighted by molar-refractivity contribution is -0.126. The first-order valence-electron chi connectivity index (χ1n) is 6.17. The summed E-state index contributed by atoms with van der Waals surface area (Å²) in [4.78, 5) is 11.8. The number of benzene rings is 1. The largest absolute Gasteiger partial charge is 0.354 e. The van der Waals surface area contributed by atoms with Crippen LogP contribution in [0.1, 0.15) is 32.3 Å². The molecule has 0 spiro atoms. The molecule has 0 saturated heterocycles. The molecule has 1 atom stereocenters. The predicted molar refractivity (Wildman–Crippen MR) is 70.7 cm³/mol. The summed E-state index contributed by atoms with van der Waals surface area (Å²) < 4.78 is 0. The zero-order chi connectivity index (χ0) is 12.7. The zero-order valence-electron chi connectivity index (χ0n) is 10.7. The van der Waals surface area contributed by atoms with Gasteiger partial charge in [0.15, 0.2) is 0 Å². The van der Waals surface area contributed by atoms with E-state index in [0.29, 0.717) is 13.0 Å². The van der Waals surface area contributed by atoms with Crippen LogP contribution in [0.15, 0.2) is 30.3 Å². The summed E-state index contributed by atoms with van der Waals surface area (Å²) in [5.74, 6) is -0.0599. The molecule has 3 N–H and O–H groups in total. The third-order valence-electron chi connectivity index (χ3n) is 2.83. The first-order chi connectivity index (χ1) is 8.06. The van der Waals surface area contributed by atoms with E-state index in [9.17, 15) is 4.79 Å². The highest BCUT2D eigenvalue weighted by Crippen LogP contribution is 2.08. The van der Waals surface area contributed by atoms with E-state index in [2.05, 4.69) is 17.4 Å². The molecule has 1 rings (SSSR count). The van der Waals surface area contributed by atoms with Crippen LogP contribution >= 0.6 is 0 Å². The maximum absolute atomic E-state index is 11.8. The van der Waals surface area contributed by atoms with Gasteiger partial charge in [0.2, 0.25) is 5.91 Å². The SMILES string of the molecule is CCCC(C)(N)C(=O)NCCc1ccccc1. The van der Waals surface area contributed by atoms with Crippen LogP contribution in [-0.2, 0) is 11.2 Å². The Bertz CT molecular complexity index is 346. The molecule has 0 aliphatic carbocycles. The van der Waals surface area contributed by atoms with Gasteiger partial charge in [0, 0.05) is 6.54 Å². The van der Waals surface area contributed by atoms with E-state index in [0.717, 1.165) is 12.8 Å². The van der Waals surface area contributed by atoms with Gasteiger partial charge in [-0.25, -0.2) is 0 Å². The first-order valence-corrected chi connectivity index (χ1v) is 6.17. The summed E-state index contributed by atoms with van der Waals surface area (Å²) >= 11 is 0. The third kappa shape index (κ3) is 4.57. The molecule has 1 unspecified atom stereocenters. The Hall–Kier alpha value is -1.35. The smallest absolute Gasteiger partial charge is 0.239 e. The maximum Gasteiger partial charge on any atom is 0.239 e. The van der Waals surface area contributed by atoms with Crippen molar-refractivity contribution in [2.75, 3.05) is 6.54 Å².